The van der Waals surface area contributed by atoms with Crippen LogP contribution in [0.4, 0.5) is 0 Å². The van der Waals surface area contributed by atoms with Crippen molar-refractivity contribution in [3.05, 3.63) is 59.4 Å². The number of hydrogen-bond donors (Lipinski definition) is 2. The number of nitrogens with two attached hydrogens (primary N) is 1. The van der Waals surface area contributed by atoms with Crippen molar-refractivity contribution in [1.29, 1.82) is 0 Å². The predicted molar refractivity (Wildman–Crippen MR) is 84.3 cm³/mol. The number of aryl methyl sites for hydroxylation is 1. The minimum atomic E-state index is -0.573. The van der Waals surface area contributed by atoms with Gasteiger partial charge in [-0.2, -0.15) is 0 Å². The Labute approximate surface area is 129 Å². The minimum absolute atomic E-state index is 0.191. The van der Waals surface area contributed by atoms with Crippen molar-refractivity contribution in [2.75, 3.05) is 0 Å². The zero-order valence-electron chi connectivity index (χ0n) is 12.3. The lowest BCUT2D eigenvalue weighted by molar-refractivity contribution is -0.113. The SMILES string of the molecule is CCc1ccccc1Oc1ccc(CO)nc1C=CC(N)=O. The Bertz CT molecular complexity index is 696. The number of primary amides is 1. The predicted octanol–water partition coefficient (Wildman–Crippen LogP) is 2.43. The van der Waals surface area contributed by atoms with Crippen LogP contribution in [0.2, 0.25) is 0 Å². The molecule has 114 valence electrons. The Morgan fingerprint density at radius 3 is 2.73 bits per heavy atom. The molecule has 2 rings (SSSR count). The maximum Gasteiger partial charge on any atom is 0.241 e. The van der Waals surface area contributed by atoms with E-state index in [1.165, 1.54) is 12.2 Å². The van der Waals surface area contributed by atoms with Gasteiger partial charge in [0.25, 0.3) is 0 Å². The lowest BCUT2D eigenvalue weighted by Crippen LogP contribution is -2.05. The molecule has 1 amide bonds. The maximum absolute atomic E-state index is 10.9. The number of benzene rings is 1. The zero-order chi connectivity index (χ0) is 15.9. The molecule has 1 heterocycles. The van der Waals surface area contributed by atoms with E-state index in [1.807, 2.05) is 31.2 Å². The van der Waals surface area contributed by atoms with Crippen molar-refractivity contribution in [2.45, 2.75) is 20.0 Å². The average Bonchev–Trinajstić information content (AvgIpc) is 2.54. The summed E-state index contributed by atoms with van der Waals surface area (Å²) in [6.45, 7) is 1.85. The van der Waals surface area contributed by atoms with Gasteiger partial charge in [-0.25, -0.2) is 4.98 Å². The Morgan fingerprint density at radius 2 is 2.05 bits per heavy atom. The summed E-state index contributed by atoms with van der Waals surface area (Å²) in [5, 5.41) is 9.18. The first-order valence-electron chi connectivity index (χ1n) is 6.98. The highest BCUT2D eigenvalue weighted by Crippen LogP contribution is 2.28. The molecule has 3 N–H and O–H groups in total. The van der Waals surface area contributed by atoms with E-state index in [1.54, 1.807) is 12.1 Å². The summed E-state index contributed by atoms with van der Waals surface area (Å²) < 4.78 is 5.92. The lowest BCUT2D eigenvalue weighted by Gasteiger charge is -2.12. The van der Waals surface area contributed by atoms with Crippen LogP contribution < -0.4 is 10.5 Å². The fraction of sp³-hybridized carbons (Fsp3) is 0.176. The molecule has 1 aromatic carbocycles. The molecule has 0 atom stereocenters. The molecule has 22 heavy (non-hydrogen) atoms. The minimum Gasteiger partial charge on any atom is -0.455 e. The molecule has 0 unspecified atom stereocenters. The summed E-state index contributed by atoms with van der Waals surface area (Å²) in [4.78, 5) is 15.2. The number of pyridine rings is 1. The van der Waals surface area contributed by atoms with E-state index in [4.69, 9.17) is 10.5 Å². The van der Waals surface area contributed by atoms with Gasteiger partial charge in [-0.15, -0.1) is 0 Å². The second-order valence-electron chi connectivity index (χ2n) is 4.64. The van der Waals surface area contributed by atoms with Gasteiger partial charge in [-0.1, -0.05) is 25.1 Å². The monoisotopic (exact) mass is 298 g/mol. The second kappa shape index (κ2) is 7.38. The van der Waals surface area contributed by atoms with E-state index in [-0.39, 0.29) is 6.61 Å². The topological polar surface area (TPSA) is 85.4 Å². The normalized spacial score (nSPS) is 10.8. The number of nitrogens with zero attached hydrogens (tertiary/aromatic N) is 1. The molecule has 5 nitrogen and oxygen atoms in total. The van der Waals surface area contributed by atoms with Crippen LogP contribution in [0.1, 0.15) is 23.9 Å². The van der Waals surface area contributed by atoms with E-state index in [0.717, 1.165) is 17.7 Å². The van der Waals surface area contributed by atoms with Gasteiger partial charge >= 0.3 is 0 Å². The Hall–Kier alpha value is -2.66. The number of aliphatic hydroxyl groups excluding tert-OH is 1. The largest absolute Gasteiger partial charge is 0.455 e. The van der Waals surface area contributed by atoms with Gasteiger partial charge in [0.15, 0.2) is 5.75 Å². The summed E-state index contributed by atoms with van der Waals surface area (Å²) in [6.07, 6.45) is 3.53. The number of aromatic nitrogens is 1. The molecule has 0 spiro atoms. The first kappa shape index (κ1) is 15.7. The molecule has 0 aliphatic carbocycles. The van der Waals surface area contributed by atoms with Gasteiger partial charge in [-0.3, -0.25) is 4.79 Å². The Balaban J connectivity index is 2.39. The van der Waals surface area contributed by atoms with Crippen molar-refractivity contribution in [1.82, 2.24) is 4.98 Å². The molecule has 2 aromatic rings. The van der Waals surface area contributed by atoms with E-state index in [2.05, 4.69) is 4.98 Å². The highest BCUT2D eigenvalue weighted by atomic mass is 16.5. The average molecular weight is 298 g/mol. The Morgan fingerprint density at radius 1 is 1.27 bits per heavy atom. The summed E-state index contributed by atoms with van der Waals surface area (Å²) in [6, 6.07) is 11.1. The van der Waals surface area contributed by atoms with Gasteiger partial charge in [-0.05, 0) is 36.3 Å². The smallest absolute Gasteiger partial charge is 0.241 e. The third-order valence-corrected chi connectivity index (χ3v) is 3.08. The van der Waals surface area contributed by atoms with Gasteiger partial charge in [0.2, 0.25) is 5.91 Å². The van der Waals surface area contributed by atoms with Crippen molar-refractivity contribution in [2.24, 2.45) is 5.73 Å². The van der Waals surface area contributed by atoms with Crippen LogP contribution >= 0.6 is 0 Å². The van der Waals surface area contributed by atoms with Crippen LogP contribution in [0.5, 0.6) is 11.5 Å². The number of rotatable bonds is 6. The molecule has 0 radical (unpaired) electrons. The van der Waals surface area contributed by atoms with Crippen LogP contribution in [0.25, 0.3) is 6.08 Å². The van der Waals surface area contributed by atoms with Gasteiger partial charge in [0.05, 0.1) is 12.3 Å². The first-order valence-corrected chi connectivity index (χ1v) is 6.98. The van der Waals surface area contributed by atoms with Gasteiger partial charge < -0.3 is 15.6 Å². The third kappa shape index (κ3) is 3.93. The molecular formula is C17H18N2O3. The molecule has 0 aliphatic rings. The van der Waals surface area contributed by atoms with E-state index in [9.17, 15) is 9.90 Å². The number of carbonyl (C=O) groups is 1. The number of hydrogen-bond acceptors (Lipinski definition) is 4. The molecule has 0 saturated heterocycles. The fourth-order valence-electron chi connectivity index (χ4n) is 1.97. The van der Waals surface area contributed by atoms with Crippen molar-refractivity contribution >= 4 is 12.0 Å². The van der Waals surface area contributed by atoms with Crippen molar-refractivity contribution in [3.63, 3.8) is 0 Å². The number of ether oxygens (including phenoxy) is 1. The summed E-state index contributed by atoms with van der Waals surface area (Å²) >= 11 is 0. The van der Waals surface area contributed by atoms with Gasteiger partial charge in [0, 0.05) is 6.08 Å². The Kier molecular flexibility index (Phi) is 5.27. The highest BCUT2D eigenvalue weighted by Gasteiger charge is 2.08. The maximum atomic E-state index is 10.9. The van der Waals surface area contributed by atoms with Gasteiger partial charge in [0.1, 0.15) is 11.4 Å². The third-order valence-electron chi connectivity index (χ3n) is 3.08. The summed E-state index contributed by atoms with van der Waals surface area (Å²) in [5.74, 6) is 0.656. The number of para-hydroxylation sites is 1. The first-order chi connectivity index (χ1) is 10.6. The molecule has 0 saturated carbocycles. The number of amides is 1. The van der Waals surface area contributed by atoms with Crippen LogP contribution in [-0.4, -0.2) is 16.0 Å². The number of carbonyl (C=O) groups excluding carboxylic acids is 1. The quantitative estimate of drug-likeness (QED) is 0.802. The lowest BCUT2D eigenvalue weighted by atomic mass is 10.1. The molecule has 1 aromatic heterocycles. The van der Waals surface area contributed by atoms with Crippen molar-refractivity contribution < 1.29 is 14.6 Å². The van der Waals surface area contributed by atoms with E-state index < -0.39 is 5.91 Å². The summed E-state index contributed by atoms with van der Waals surface area (Å²) in [5.41, 5.74) is 7.11. The second-order valence-corrected chi connectivity index (χ2v) is 4.64. The zero-order valence-corrected chi connectivity index (χ0v) is 12.3. The fourth-order valence-corrected chi connectivity index (χ4v) is 1.97. The van der Waals surface area contributed by atoms with E-state index in [0.29, 0.717) is 17.1 Å². The molecule has 5 heteroatoms. The molecular weight excluding hydrogens is 280 g/mol. The molecule has 0 bridgehead atoms. The van der Waals surface area contributed by atoms with Crippen LogP contribution in [0, 0.1) is 0 Å². The molecule has 0 aliphatic heterocycles. The van der Waals surface area contributed by atoms with E-state index >= 15 is 0 Å². The van der Waals surface area contributed by atoms with Crippen molar-refractivity contribution in [3.8, 4) is 11.5 Å². The van der Waals surface area contributed by atoms with Crippen LogP contribution in [-0.2, 0) is 17.8 Å². The number of aliphatic hydroxyl groups is 1. The van der Waals surface area contributed by atoms with Crippen LogP contribution in [0.15, 0.2) is 42.5 Å². The molecule has 0 fully saturated rings. The highest BCUT2D eigenvalue weighted by molar-refractivity contribution is 5.90. The standard InChI is InChI=1S/C17H18N2O3/c1-2-12-5-3-4-6-15(12)22-16-9-7-13(11-20)19-14(16)8-10-17(18)21/h3-10,20H,2,11H2,1H3,(H2,18,21). The van der Waals surface area contributed by atoms with Crippen LogP contribution in [0.3, 0.4) is 0 Å². The summed E-state index contributed by atoms with van der Waals surface area (Å²) in [7, 11) is 0.